The van der Waals surface area contributed by atoms with Gasteiger partial charge in [0.05, 0.1) is 17.5 Å². The Bertz CT molecular complexity index is 995. The molecule has 3 nitrogen and oxygen atoms in total. The molecule has 0 spiro atoms. The van der Waals surface area contributed by atoms with Crippen LogP contribution < -0.4 is 4.80 Å². The number of aryl methyl sites for hydroxylation is 1. The van der Waals surface area contributed by atoms with Gasteiger partial charge < -0.3 is 0 Å². The third-order valence-corrected chi connectivity index (χ3v) is 4.74. The Balaban J connectivity index is 1.98. The molecule has 27 heavy (non-hydrogen) atoms. The normalized spacial score (nSPS) is 12.9. The molecule has 0 saturated heterocycles. The quantitative estimate of drug-likeness (QED) is 0.539. The summed E-state index contributed by atoms with van der Waals surface area (Å²) in [7, 11) is 0. The Morgan fingerprint density at radius 3 is 2.30 bits per heavy atom. The number of rotatable bonds is 4. The Morgan fingerprint density at radius 1 is 1.04 bits per heavy atom. The average Bonchev–Trinajstić information content (AvgIpc) is 3.03. The molecule has 0 aliphatic carbocycles. The zero-order chi connectivity index (χ0) is 19.4. The monoisotopic (exact) mass is 389 g/mol. The number of thiazole rings is 1. The van der Waals surface area contributed by atoms with E-state index in [0.717, 1.165) is 33.8 Å². The van der Waals surface area contributed by atoms with Gasteiger partial charge in [0, 0.05) is 17.5 Å². The van der Waals surface area contributed by atoms with Crippen molar-refractivity contribution in [2.24, 2.45) is 10.1 Å². The molecule has 0 fully saturated rings. The Kier molecular flexibility index (Phi) is 5.60. The van der Waals surface area contributed by atoms with Gasteiger partial charge in [-0.25, -0.2) is 4.68 Å². The van der Waals surface area contributed by atoms with Gasteiger partial charge >= 0.3 is 6.18 Å². The van der Waals surface area contributed by atoms with E-state index in [1.165, 1.54) is 23.5 Å². The van der Waals surface area contributed by atoms with Gasteiger partial charge in [-0.1, -0.05) is 42.0 Å². The highest BCUT2D eigenvalue weighted by atomic mass is 32.1. The van der Waals surface area contributed by atoms with Gasteiger partial charge in [0.25, 0.3) is 0 Å². The second kappa shape index (κ2) is 7.92. The van der Waals surface area contributed by atoms with Crippen LogP contribution in [-0.4, -0.2) is 17.4 Å². The van der Waals surface area contributed by atoms with Crippen LogP contribution in [0.25, 0.3) is 11.3 Å². The van der Waals surface area contributed by atoms with E-state index in [0.29, 0.717) is 12.1 Å². The summed E-state index contributed by atoms with van der Waals surface area (Å²) in [6.45, 7) is 4.57. The number of halogens is 3. The third kappa shape index (κ3) is 4.54. The van der Waals surface area contributed by atoms with E-state index < -0.39 is 11.7 Å². The second-order valence-corrected chi connectivity index (χ2v) is 6.76. The maximum atomic E-state index is 12.7. The molecule has 3 rings (SSSR count). The molecule has 2 aromatic carbocycles. The van der Waals surface area contributed by atoms with Crippen LogP contribution in [-0.2, 0) is 6.18 Å². The lowest BCUT2D eigenvalue weighted by Crippen LogP contribution is -2.12. The Hall–Kier alpha value is -2.67. The second-order valence-electron chi connectivity index (χ2n) is 5.92. The first-order valence-corrected chi connectivity index (χ1v) is 9.26. The molecule has 0 bridgehead atoms. The van der Waals surface area contributed by atoms with Gasteiger partial charge in [-0.3, -0.25) is 4.99 Å². The zero-order valence-electron chi connectivity index (χ0n) is 14.9. The standard InChI is InChI=1S/C20H18F3N3S/c1-3-24-19-26(18(13-27-19)16-8-4-14(2)5-9-16)25-12-15-6-10-17(11-7-15)20(21,22)23/h4-13H,3H2,1-2H3/b24-19?,25-12-. The van der Waals surface area contributed by atoms with Gasteiger partial charge in [-0.2, -0.15) is 18.3 Å². The smallest absolute Gasteiger partial charge is 0.258 e. The van der Waals surface area contributed by atoms with Crippen LogP contribution in [0.5, 0.6) is 0 Å². The molecule has 1 heterocycles. The molecule has 0 radical (unpaired) electrons. The molecule has 0 N–H and O–H groups in total. The molecule has 1 aromatic heterocycles. The Labute approximate surface area is 159 Å². The minimum absolute atomic E-state index is 0.582. The number of nitrogens with zero attached hydrogens (tertiary/aromatic N) is 3. The first-order valence-electron chi connectivity index (χ1n) is 8.38. The summed E-state index contributed by atoms with van der Waals surface area (Å²) >= 11 is 1.47. The zero-order valence-corrected chi connectivity index (χ0v) is 15.7. The highest BCUT2D eigenvalue weighted by Crippen LogP contribution is 2.29. The van der Waals surface area contributed by atoms with Crippen molar-refractivity contribution >= 4 is 17.6 Å². The molecule has 0 amide bonds. The predicted octanol–water partition coefficient (Wildman–Crippen LogP) is 5.35. The molecule has 0 atom stereocenters. The number of aromatic nitrogens is 1. The number of hydrogen-bond acceptors (Lipinski definition) is 3. The summed E-state index contributed by atoms with van der Waals surface area (Å²) in [4.78, 5) is 5.18. The van der Waals surface area contributed by atoms with E-state index in [1.807, 2.05) is 43.5 Å². The van der Waals surface area contributed by atoms with Gasteiger partial charge in [0.15, 0.2) is 0 Å². The maximum Gasteiger partial charge on any atom is 0.416 e. The highest BCUT2D eigenvalue weighted by Gasteiger charge is 2.29. The Morgan fingerprint density at radius 2 is 1.70 bits per heavy atom. The minimum atomic E-state index is -4.34. The van der Waals surface area contributed by atoms with Crippen molar-refractivity contribution in [2.75, 3.05) is 6.54 Å². The van der Waals surface area contributed by atoms with Crippen LogP contribution in [0.4, 0.5) is 13.2 Å². The van der Waals surface area contributed by atoms with Crippen LogP contribution in [0.2, 0.25) is 0 Å². The molecule has 0 aliphatic heterocycles. The van der Waals surface area contributed by atoms with Gasteiger partial charge in [0.2, 0.25) is 4.80 Å². The van der Waals surface area contributed by atoms with Gasteiger partial charge in [0.1, 0.15) is 0 Å². The van der Waals surface area contributed by atoms with Crippen molar-refractivity contribution in [3.8, 4) is 11.3 Å². The molecular weight excluding hydrogens is 371 g/mol. The first-order chi connectivity index (χ1) is 12.9. The lowest BCUT2D eigenvalue weighted by molar-refractivity contribution is -0.137. The SMILES string of the molecule is CCN=c1scc(-c2ccc(C)cc2)n1/N=C\c1ccc(C(F)(F)F)cc1. The van der Waals surface area contributed by atoms with Crippen molar-refractivity contribution in [2.45, 2.75) is 20.0 Å². The van der Waals surface area contributed by atoms with Crippen molar-refractivity contribution in [1.82, 2.24) is 4.68 Å². The van der Waals surface area contributed by atoms with E-state index in [1.54, 1.807) is 10.9 Å². The average molecular weight is 389 g/mol. The highest BCUT2D eigenvalue weighted by molar-refractivity contribution is 7.07. The third-order valence-electron chi connectivity index (χ3n) is 3.89. The summed E-state index contributed by atoms with van der Waals surface area (Å²) in [5.41, 5.74) is 2.95. The number of benzene rings is 2. The van der Waals surface area contributed by atoms with E-state index in [-0.39, 0.29) is 0 Å². The van der Waals surface area contributed by atoms with Crippen LogP contribution in [0.1, 0.15) is 23.6 Å². The van der Waals surface area contributed by atoms with E-state index in [2.05, 4.69) is 10.1 Å². The van der Waals surface area contributed by atoms with Crippen LogP contribution in [0.3, 0.4) is 0 Å². The molecule has 7 heteroatoms. The topological polar surface area (TPSA) is 29.6 Å². The first kappa shape index (κ1) is 19.1. The molecular formula is C20H18F3N3S. The fourth-order valence-corrected chi connectivity index (χ4v) is 3.36. The van der Waals surface area contributed by atoms with E-state index >= 15 is 0 Å². The molecule has 0 saturated carbocycles. The van der Waals surface area contributed by atoms with Crippen LogP contribution >= 0.6 is 11.3 Å². The largest absolute Gasteiger partial charge is 0.416 e. The molecule has 3 aromatic rings. The fraction of sp³-hybridized carbons (Fsp3) is 0.200. The predicted molar refractivity (Wildman–Crippen MR) is 103 cm³/mol. The molecule has 140 valence electrons. The van der Waals surface area contributed by atoms with Crippen molar-refractivity contribution < 1.29 is 13.2 Å². The lowest BCUT2D eigenvalue weighted by atomic mass is 10.1. The summed E-state index contributed by atoms with van der Waals surface area (Å²) in [6.07, 6.45) is -2.80. The lowest BCUT2D eigenvalue weighted by Gasteiger charge is -2.06. The van der Waals surface area contributed by atoms with Crippen LogP contribution in [0, 0.1) is 6.92 Å². The molecule has 0 unspecified atom stereocenters. The number of hydrogen-bond donors (Lipinski definition) is 0. The summed E-state index contributed by atoms with van der Waals surface area (Å²) < 4.78 is 39.8. The van der Waals surface area contributed by atoms with Gasteiger partial charge in [-0.05, 0) is 31.5 Å². The fourth-order valence-electron chi connectivity index (χ4n) is 2.46. The maximum absolute atomic E-state index is 12.7. The van der Waals surface area contributed by atoms with E-state index in [9.17, 15) is 13.2 Å². The summed E-state index contributed by atoms with van der Waals surface area (Å²) in [5.74, 6) is 0. The van der Waals surface area contributed by atoms with Crippen molar-refractivity contribution in [3.63, 3.8) is 0 Å². The number of alkyl halides is 3. The minimum Gasteiger partial charge on any atom is -0.258 e. The summed E-state index contributed by atoms with van der Waals surface area (Å²) in [6, 6.07) is 13.0. The molecule has 0 aliphatic rings. The summed E-state index contributed by atoms with van der Waals surface area (Å²) in [5, 5.41) is 6.45. The van der Waals surface area contributed by atoms with Gasteiger partial charge in [-0.15, -0.1) is 11.3 Å². The van der Waals surface area contributed by atoms with E-state index in [4.69, 9.17) is 0 Å². The van der Waals surface area contributed by atoms with Crippen molar-refractivity contribution in [3.05, 3.63) is 75.4 Å². The van der Waals surface area contributed by atoms with Crippen LogP contribution in [0.15, 0.2) is 64.0 Å². The van der Waals surface area contributed by atoms with Crippen molar-refractivity contribution in [1.29, 1.82) is 0 Å².